The average Bonchev–Trinajstić information content (AvgIpc) is 3.11. The smallest absolute Gasteiger partial charge is 0.317 e. The minimum absolute atomic E-state index is 0.0328. The lowest BCUT2D eigenvalue weighted by atomic mass is 9.95. The number of likely N-dealkylation sites (tertiary alicyclic amines) is 2. The summed E-state index contributed by atoms with van der Waals surface area (Å²) >= 11 is 0. The molecular weight excluding hydrogens is 358 g/mol. The number of urea groups is 1. The van der Waals surface area contributed by atoms with E-state index in [0.717, 1.165) is 63.5 Å². The number of hydrogen-bond donors (Lipinski definition) is 2. The summed E-state index contributed by atoms with van der Waals surface area (Å²) in [4.78, 5) is 16.6. The predicted molar refractivity (Wildman–Crippen MR) is 105 cm³/mol. The largest absolute Gasteiger partial charge is 0.454 e. The third kappa shape index (κ3) is 4.70. The number of benzene rings is 1. The minimum Gasteiger partial charge on any atom is -0.454 e. The fraction of sp³-hybridized carbons (Fsp3) is 0.667. The van der Waals surface area contributed by atoms with Crippen LogP contribution in [0.4, 0.5) is 4.79 Å². The zero-order chi connectivity index (χ0) is 19.4. The van der Waals surface area contributed by atoms with Gasteiger partial charge in [0.2, 0.25) is 6.79 Å². The first-order valence-electron chi connectivity index (χ1n) is 10.5. The minimum atomic E-state index is -0.824. The molecule has 7 heteroatoms. The van der Waals surface area contributed by atoms with Crippen LogP contribution < -0.4 is 14.8 Å². The Morgan fingerprint density at radius 2 is 1.86 bits per heavy atom. The van der Waals surface area contributed by atoms with Crippen molar-refractivity contribution in [3.8, 4) is 11.5 Å². The van der Waals surface area contributed by atoms with Crippen molar-refractivity contribution in [1.29, 1.82) is 0 Å². The van der Waals surface area contributed by atoms with E-state index >= 15 is 0 Å². The van der Waals surface area contributed by atoms with Gasteiger partial charge in [-0.2, -0.15) is 0 Å². The first-order chi connectivity index (χ1) is 13.6. The van der Waals surface area contributed by atoms with E-state index < -0.39 is 5.60 Å². The van der Waals surface area contributed by atoms with Crippen LogP contribution in [0.3, 0.4) is 0 Å². The molecule has 2 N–H and O–H groups in total. The van der Waals surface area contributed by atoms with Gasteiger partial charge in [0.25, 0.3) is 0 Å². The molecule has 1 unspecified atom stereocenters. The third-order valence-electron chi connectivity index (χ3n) is 6.06. The number of ether oxygens (including phenoxy) is 2. The summed E-state index contributed by atoms with van der Waals surface area (Å²) in [7, 11) is 0. The number of fused-ring (bicyclic) bond motifs is 1. The standard InChI is InChI=1S/C21H31N3O4/c25-20(24-10-2-1-3-11-24)22-15-21(26)7-4-9-23(12-8-21)14-17-5-6-18-19(13-17)28-16-27-18/h5-6,13,26H,1-4,7-12,14-16H2,(H,22,25). The molecule has 2 amide bonds. The number of piperidine rings is 1. The van der Waals surface area contributed by atoms with Gasteiger partial charge >= 0.3 is 6.03 Å². The molecule has 0 saturated carbocycles. The van der Waals surface area contributed by atoms with E-state index in [0.29, 0.717) is 26.2 Å². The van der Waals surface area contributed by atoms with Crippen molar-refractivity contribution in [3.63, 3.8) is 0 Å². The molecule has 0 spiro atoms. The van der Waals surface area contributed by atoms with Crippen molar-refractivity contribution >= 4 is 6.03 Å². The highest BCUT2D eigenvalue weighted by molar-refractivity contribution is 5.74. The van der Waals surface area contributed by atoms with Crippen LogP contribution in [0.1, 0.15) is 44.1 Å². The summed E-state index contributed by atoms with van der Waals surface area (Å²) in [6.45, 7) is 4.86. The number of carbonyl (C=O) groups excluding carboxylic acids is 1. The number of aliphatic hydroxyl groups is 1. The van der Waals surface area contributed by atoms with Crippen molar-refractivity contribution in [1.82, 2.24) is 15.1 Å². The van der Waals surface area contributed by atoms with E-state index in [-0.39, 0.29) is 6.03 Å². The van der Waals surface area contributed by atoms with Crippen LogP contribution in [0.5, 0.6) is 11.5 Å². The molecule has 0 radical (unpaired) electrons. The maximum Gasteiger partial charge on any atom is 0.317 e. The number of nitrogens with zero attached hydrogens (tertiary/aromatic N) is 2. The van der Waals surface area contributed by atoms with Gasteiger partial charge in [-0.25, -0.2) is 4.79 Å². The van der Waals surface area contributed by atoms with Crippen LogP contribution in [0, 0.1) is 0 Å². The van der Waals surface area contributed by atoms with Gasteiger partial charge in [-0.1, -0.05) is 6.07 Å². The summed E-state index contributed by atoms with van der Waals surface area (Å²) in [6.07, 6.45) is 5.65. The quantitative estimate of drug-likeness (QED) is 0.827. The normalized spacial score (nSPS) is 25.4. The first kappa shape index (κ1) is 19.3. The van der Waals surface area contributed by atoms with Gasteiger partial charge in [-0.05, 0) is 62.8 Å². The van der Waals surface area contributed by atoms with Gasteiger partial charge in [0.1, 0.15) is 0 Å². The van der Waals surface area contributed by atoms with E-state index in [1.165, 1.54) is 12.0 Å². The molecule has 3 aliphatic rings. The number of nitrogens with one attached hydrogen (secondary N) is 1. The molecule has 2 saturated heterocycles. The van der Waals surface area contributed by atoms with Crippen LogP contribution in [0.2, 0.25) is 0 Å². The molecule has 0 aromatic heterocycles. The van der Waals surface area contributed by atoms with E-state index in [4.69, 9.17) is 9.47 Å². The van der Waals surface area contributed by atoms with Gasteiger partial charge in [0, 0.05) is 32.7 Å². The lowest BCUT2D eigenvalue weighted by molar-refractivity contribution is 0.0264. The molecule has 1 atom stereocenters. The van der Waals surface area contributed by atoms with Gasteiger partial charge in [-0.3, -0.25) is 4.90 Å². The van der Waals surface area contributed by atoms with Gasteiger partial charge < -0.3 is 24.8 Å². The lowest BCUT2D eigenvalue weighted by Crippen LogP contribution is -2.49. The fourth-order valence-electron chi connectivity index (χ4n) is 4.32. The highest BCUT2D eigenvalue weighted by Gasteiger charge is 2.31. The topological polar surface area (TPSA) is 74.3 Å². The second-order valence-electron chi connectivity index (χ2n) is 8.25. The van der Waals surface area contributed by atoms with Crippen molar-refractivity contribution in [2.45, 2.75) is 50.7 Å². The second kappa shape index (κ2) is 8.57. The molecule has 1 aromatic rings. The predicted octanol–water partition coefficient (Wildman–Crippen LogP) is 2.33. The zero-order valence-corrected chi connectivity index (χ0v) is 16.5. The third-order valence-corrected chi connectivity index (χ3v) is 6.06. The van der Waals surface area contributed by atoms with Gasteiger partial charge in [0.15, 0.2) is 11.5 Å². The molecule has 28 heavy (non-hydrogen) atoms. The number of amides is 2. The lowest BCUT2D eigenvalue weighted by Gasteiger charge is -2.31. The summed E-state index contributed by atoms with van der Waals surface area (Å²) < 4.78 is 10.8. The molecule has 2 fully saturated rings. The van der Waals surface area contributed by atoms with E-state index in [2.05, 4.69) is 16.3 Å². The number of rotatable bonds is 4. The molecule has 3 heterocycles. The maximum atomic E-state index is 12.3. The highest BCUT2D eigenvalue weighted by atomic mass is 16.7. The monoisotopic (exact) mass is 389 g/mol. The van der Waals surface area contributed by atoms with E-state index in [1.54, 1.807) is 0 Å². The van der Waals surface area contributed by atoms with Crippen LogP contribution in [-0.2, 0) is 6.54 Å². The van der Waals surface area contributed by atoms with Crippen molar-refractivity contribution in [3.05, 3.63) is 23.8 Å². The fourth-order valence-corrected chi connectivity index (χ4v) is 4.32. The molecule has 4 rings (SSSR count). The zero-order valence-electron chi connectivity index (χ0n) is 16.5. The Kier molecular flexibility index (Phi) is 5.92. The molecule has 1 aromatic carbocycles. The van der Waals surface area contributed by atoms with Crippen LogP contribution in [-0.4, -0.2) is 66.1 Å². The summed E-state index contributed by atoms with van der Waals surface area (Å²) in [5.41, 5.74) is 0.364. The summed E-state index contributed by atoms with van der Waals surface area (Å²) in [5, 5.41) is 14.0. The molecule has 3 aliphatic heterocycles. The molecule has 0 bridgehead atoms. The highest BCUT2D eigenvalue weighted by Crippen LogP contribution is 2.33. The summed E-state index contributed by atoms with van der Waals surface area (Å²) in [6, 6.07) is 6.04. The maximum absolute atomic E-state index is 12.3. The Hall–Kier alpha value is -1.99. The Labute approximate surface area is 166 Å². The molecule has 0 aliphatic carbocycles. The Bertz CT molecular complexity index is 692. The van der Waals surface area contributed by atoms with Crippen molar-refractivity contribution in [2.75, 3.05) is 39.5 Å². The molecular formula is C21H31N3O4. The average molecular weight is 389 g/mol. The SMILES string of the molecule is O=C(NCC1(O)CCCN(Cc2ccc3c(c2)OCO3)CC1)N1CCCCC1. The second-order valence-corrected chi connectivity index (χ2v) is 8.25. The van der Waals surface area contributed by atoms with Crippen molar-refractivity contribution in [2.24, 2.45) is 0 Å². The summed E-state index contributed by atoms with van der Waals surface area (Å²) in [5.74, 6) is 1.61. The molecule has 7 nitrogen and oxygen atoms in total. The van der Waals surface area contributed by atoms with Crippen LogP contribution in [0.15, 0.2) is 18.2 Å². The van der Waals surface area contributed by atoms with E-state index in [9.17, 15) is 9.90 Å². The Morgan fingerprint density at radius 1 is 1.04 bits per heavy atom. The van der Waals surface area contributed by atoms with Gasteiger partial charge in [0.05, 0.1) is 5.60 Å². The first-order valence-corrected chi connectivity index (χ1v) is 10.5. The number of carbonyl (C=O) groups is 1. The molecule has 154 valence electrons. The van der Waals surface area contributed by atoms with Crippen LogP contribution in [0.25, 0.3) is 0 Å². The Morgan fingerprint density at radius 3 is 2.71 bits per heavy atom. The number of hydrogen-bond acceptors (Lipinski definition) is 5. The van der Waals surface area contributed by atoms with Crippen LogP contribution >= 0.6 is 0 Å². The van der Waals surface area contributed by atoms with E-state index in [1.807, 2.05) is 17.0 Å². The Balaban J connectivity index is 1.27. The van der Waals surface area contributed by atoms with Gasteiger partial charge in [-0.15, -0.1) is 0 Å². The van der Waals surface area contributed by atoms with Crippen molar-refractivity contribution < 1.29 is 19.4 Å².